The summed E-state index contributed by atoms with van der Waals surface area (Å²) in [6.07, 6.45) is 7.93. The van der Waals surface area contributed by atoms with Gasteiger partial charge in [0.25, 0.3) is 0 Å². The Balaban J connectivity index is 1.48. The van der Waals surface area contributed by atoms with Crippen molar-refractivity contribution in [2.24, 2.45) is 17.3 Å². The van der Waals surface area contributed by atoms with Crippen LogP contribution in [0.3, 0.4) is 0 Å². The fraction of sp³-hybridized carbons (Fsp3) is 0.404. The Labute approximate surface area is 296 Å². The van der Waals surface area contributed by atoms with Gasteiger partial charge >= 0.3 is 298 Å². The van der Waals surface area contributed by atoms with Gasteiger partial charge in [-0.25, -0.2) is 0 Å². The van der Waals surface area contributed by atoms with Crippen molar-refractivity contribution in [1.29, 1.82) is 0 Å². The second kappa shape index (κ2) is 12.5. The van der Waals surface area contributed by atoms with Crippen LogP contribution in [0.5, 0.6) is 0 Å². The second-order valence-corrected chi connectivity index (χ2v) is 34.6. The average molecular weight is 799 g/mol. The molecule has 0 aromatic heterocycles. The van der Waals surface area contributed by atoms with E-state index in [1.165, 1.54) is 57.3 Å². The standard InChI is InChI=1S/C45H50.2CH3.Hf/c1-29(2)27-45(28-30(3)4,39-23-37-17-11-19-41(43(37)25-39)35-15-9-13-33(21-35)31(5)6)40-24-38-18-12-20-42(44(38)26-40)36-16-10-14-34(22-36)32(7)8;;;/h9-26,29-32H,27-28H2,1-8H3;2*1H3;. The third-order valence-corrected chi connectivity index (χ3v) is 27.1. The van der Waals surface area contributed by atoms with Crippen LogP contribution in [0.15, 0.2) is 96.1 Å². The molecule has 0 nitrogen and oxygen atoms in total. The summed E-state index contributed by atoms with van der Waals surface area (Å²) in [4.78, 5) is 0. The predicted octanol–water partition coefficient (Wildman–Crippen LogP) is 14.2. The Bertz CT molecular complexity index is 1790. The number of allylic oxidation sites excluding steroid dienone is 2. The zero-order valence-electron chi connectivity index (χ0n) is 31.1. The molecule has 4 aromatic rings. The monoisotopic (exact) mass is 800 g/mol. The van der Waals surface area contributed by atoms with Crippen molar-refractivity contribution >= 4 is 12.2 Å². The molecule has 0 N–H and O–H groups in total. The Morgan fingerprint density at radius 1 is 0.542 bits per heavy atom. The molecule has 1 saturated heterocycles. The minimum atomic E-state index is -3.19. The van der Waals surface area contributed by atoms with E-state index in [4.69, 9.17) is 0 Å². The van der Waals surface area contributed by atoms with E-state index in [0.29, 0.717) is 31.0 Å². The van der Waals surface area contributed by atoms with Crippen LogP contribution in [0.1, 0.15) is 121 Å². The summed E-state index contributed by atoms with van der Waals surface area (Å²) in [6.45, 7) is 19.1. The van der Waals surface area contributed by atoms with Crippen LogP contribution < -0.4 is 0 Å². The number of fused-ring (bicyclic) bond motifs is 6. The van der Waals surface area contributed by atoms with Crippen LogP contribution in [-0.2, 0) is 20.0 Å². The van der Waals surface area contributed by atoms with Gasteiger partial charge in [0.05, 0.1) is 0 Å². The van der Waals surface area contributed by atoms with Crippen molar-refractivity contribution in [3.05, 3.63) is 129 Å². The summed E-state index contributed by atoms with van der Waals surface area (Å²) in [5, 5.41) is 0. The van der Waals surface area contributed by atoms with E-state index in [1.54, 1.807) is 22.3 Å². The summed E-state index contributed by atoms with van der Waals surface area (Å²) in [5.74, 6) is 2.27. The van der Waals surface area contributed by atoms with E-state index in [0.717, 1.165) is 0 Å². The number of hydrogen-bond donors (Lipinski definition) is 0. The molecule has 7 rings (SSSR count). The first-order valence-corrected chi connectivity index (χ1v) is 30.1. The zero-order valence-corrected chi connectivity index (χ0v) is 34.7. The molecule has 2 atom stereocenters. The second-order valence-electron chi connectivity index (χ2n) is 17.3. The number of rotatable bonds is 8. The van der Waals surface area contributed by atoms with Crippen LogP contribution in [0.25, 0.3) is 34.4 Å². The van der Waals surface area contributed by atoms with Gasteiger partial charge in [0.2, 0.25) is 0 Å². The van der Waals surface area contributed by atoms with E-state index < -0.39 is 20.0 Å². The fourth-order valence-corrected chi connectivity index (χ4v) is 27.3. The van der Waals surface area contributed by atoms with Gasteiger partial charge in [0, 0.05) is 0 Å². The maximum absolute atomic E-state index is 3.19. The normalized spacial score (nSPS) is 20.1. The quantitative estimate of drug-likeness (QED) is 0.156. The molecule has 2 aliphatic carbocycles. The Kier molecular flexibility index (Phi) is 8.80. The third kappa shape index (κ3) is 5.42. The van der Waals surface area contributed by atoms with Crippen LogP contribution in [0.2, 0.25) is 9.36 Å². The molecule has 1 fully saturated rings. The van der Waals surface area contributed by atoms with Crippen LogP contribution in [-0.4, -0.2) is 0 Å². The molecule has 248 valence electrons. The van der Waals surface area contributed by atoms with E-state index in [1.807, 2.05) is 0 Å². The summed E-state index contributed by atoms with van der Waals surface area (Å²) in [7, 11) is 0. The van der Waals surface area contributed by atoms with E-state index in [2.05, 4.69) is 162 Å². The first-order valence-electron chi connectivity index (χ1n) is 18.7. The fourth-order valence-electron chi connectivity index (χ4n) is 10.2. The molecule has 0 amide bonds. The van der Waals surface area contributed by atoms with Gasteiger partial charge in [-0.2, -0.15) is 0 Å². The molecule has 1 heterocycles. The van der Waals surface area contributed by atoms with Crippen LogP contribution in [0.4, 0.5) is 0 Å². The average Bonchev–Trinajstić information content (AvgIpc) is 3.65. The van der Waals surface area contributed by atoms with Gasteiger partial charge in [-0.15, -0.1) is 0 Å². The van der Waals surface area contributed by atoms with Crippen LogP contribution >= 0.6 is 0 Å². The van der Waals surface area contributed by atoms with Gasteiger partial charge in [-0.1, -0.05) is 0 Å². The third-order valence-electron chi connectivity index (χ3n) is 12.0. The summed E-state index contributed by atoms with van der Waals surface area (Å²) in [6, 6.07) is 33.3. The Morgan fingerprint density at radius 3 is 1.31 bits per heavy atom. The first-order chi connectivity index (χ1) is 22.8. The van der Waals surface area contributed by atoms with Crippen molar-refractivity contribution in [1.82, 2.24) is 0 Å². The number of hydrogen-bond acceptors (Lipinski definition) is 0. The predicted molar refractivity (Wildman–Crippen MR) is 206 cm³/mol. The van der Waals surface area contributed by atoms with Crippen molar-refractivity contribution < 1.29 is 20.0 Å². The van der Waals surface area contributed by atoms with Crippen LogP contribution in [0, 0.1) is 17.3 Å². The molecular weight excluding hydrogens is 743 g/mol. The molecule has 0 radical (unpaired) electrons. The Morgan fingerprint density at radius 2 is 0.938 bits per heavy atom. The summed E-state index contributed by atoms with van der Waals surface area (Å²) < 4.78 is 6.81. The molecule has 48 heavy (non-hydrogen) atoms. The molecule has 1 heteroatoms. The van der Waals surface area contributed by atoms with Gasteiger partial charge < -0.3 is 0 Å². The maximum atomic E-state index is 2.81. The molecule has 3 aliphatic rings. The molecule has 0 spiro atoms. The molecule has 4 aromatic carbocycles. The molecule has 0 bridgehead atoms. The van der Waals surface area contributed by atoms with Gasteiger partial charge in [-0.05, 0) is 0 Å². The summed E-state index contributed by atoms with van der Waals surface area (Å²) >= 11 is -3.19. The SMILES string of the molecule is CC(C)CC1(CC(C)C)C2=Cc3c(-c4cccc(C(C)C)c4)cccc3[CH]2[Hf]([CH3])([CH3])[CH]2C1=Cc1c(-c3cccc(C(C)C)c3)cccc12. The molecule has 2 unspecified atom stereocenters. The minimum absolute atomic E-state index is 0.0688. The summed E-state index contributed by atoms with van der Waals surface area (Å²) in [5.41, 5.74) is 18.4. The van der Waals surface area contributed by atoms with Crippen molar-refractivity contribution in [3.8, 4) is 22.3 Å². The van der Waals surface area contributed by atoms with Gasteiger partial charge in [-0.3, -0.25) is 0 Å². The van der Waals surface area contributed by atoms with Crippen molar-refractivity contribution in [3.63, 3.8) is 0 Å². The van der Waals surface area contributed by atoms with Crippen molar-refractivity contribution in [2.45, 2.75) is 96.8 Å². The first kappa shape index (κ1) is 33.7. The molecule has 0 saturated carbocycles. The van der Waals surface area contributed by atoms with E-state index >= 15 is 0 Å². The Hall–Kier alpha value is -2.77. The topological polar surface area (TPSA) is 0 Å². The zero-order chi connectivity index (χ0) is 34.1. The van der Waals surface area contributed by atoms with Gasteiger partial charge in [0.15, 0.2) is 0 Å². The van der Waals surface area contributed by atoms with Crippen molar-refractivity contribution in [2.75, 3.05) is 0 Å². The molecular formula is C47H56Hf. The molecule has 1 aliphatic heterocycles. The van der Waals surface area contributed by atoms with E-state index in [9.17, 15) is 0 Å². The number of benzene rings is 4. The van der Waals surface area contributed by atoms with E-state index in [-0.39, 0.29) is 5.41 Å². The van der Waals surface area contributed by atoms with Gasteiger partial charge in [0.1, 0.15) is 0 Å².